The van der Waals surface area contributed by atoms with E-state index < -0.39 is 17.7 Å². The van der Waals surface area contributed by atoms with Gasteiger partial charge in [0.1, 0.15) is 23.2 Å². The van der Waals surface area contributed by atoms with Crippen LogP contribution in [0, 0.1) is 32.4 Å². The Balaban J connectivity index is 2.50. The van der Waals surface area contributed by atoms with Crippen molar-refractivity contribution in [2.75, 3.05) is 0 Å². The second-order valence-corrected chi connectivity index (χ2v) is 4.43. The molecule has 2 rings (SSSR count). The Labute approximate surface area is 104 Å². The molecule has 0 saturated carbocycles. The molecular weight excluding hydrogens is 236 g/mol. The van der Waals surface area contributed by atoms with Crippen LogP contribution < -0.4 is 5.73 Å². The van der Waals surface area contributed by atoms with E-state index in [0.29, 0.717) is 11.3 Å². The Hall–Kier alpha value is -1.68. The van der Waals surface area contributed by atoms with Gasteiger partial charge >= 0.3 is 0 Å². The predicted molar refractivity (Wildman–Crippen MR) is 65.3 cm³/mol. The molecule has 2 aromatic rings. The second-order valence-electron chi connectivity index (χ2n) is 4.43. The van der Waals surface area contributed by atoms with E-state index in [1.807, 2.05) is 13.8 Å². The van der Waals surface area contributed by atoms with Gasteiger partial charge in [-0.25, -0.2) is 8.78 Å². The number of hydrogen-bond donors (Lipinski definition) is 1. The first kappa shape index (κ1) is 12.8. The van der Waals surface area contributed by atoms with Crippen molar-refractivity contribution in [1.29, 1.82) is 0 Å². The monoisotopic (exact) mass is 251 g/mol. The fourth-order valence-electron chi connectivity index (χ4n) is 2.19. The summed E-state index contributed by atoms with van der Waals surface area (Å²) in [6.45, 7) is 5.52. The zero-order valence-electron chi connectivity index (χ0n) is 10.6. The van der Waals surface area contributed by atoms with E-state index >= 15 is 0 Å². The number of hydrogen-bond acceptors (Lipinski definition) is 2. The standard InChI is InChI=1S/C14H15F2NO/c1-7-8(2)18-9(3)13(7)14(17)10-4-11(15)6-12(16)5-10/h4-6,14H,17H2,1-3H3. The molecule has 96 valence electrons. The fourth-order valence-corrected chi connectivity index (χ4v) is 2.19. The molecule has 4 heteroatoms. The van der Waals surface area contributed by atoms with Crippen LogP contribution in [0.15, 0.2) is 22.6 Å². The van der Waals surface area contributed by atoms with E-state index in [0.717, 1.165) is 23.0 Å². The highest BCUT2D eigenvalue weighted by Gasteiger charge is 2.20. The number of benzene rings is 1. The minimum atomic E-state index is -0.629. The van der Waals surface area contributed by atoms with Crippen molar-refractivity contribution in [3.8, 4) is 0 Å². The number of nitrogens with two attached hydrogens (primary N) is 1. The van der Waals surface area contributed by atoms with Crippen molar-refractivity contribution < 1.29 is 13.2 Å². The summed E-state index contributed by atoms with van der Waals surface area (Å²) in [6.07, 6.45) is 0. The van der Waals surface area contributed by atoms with Gasteiger partial charge in [-0.05, 0) is 44.0 Å². The Morgan fingerprint density at radius 1 is 1.00 bits per heavy atom. The molecule has 1 unspecified atom stereocenters. The lowest BCUT2D eigenvalue weighted by molar-refractivity contribution is 0.498. The van der Waals surface area contributed by atoms with E-state index in [-0.39, 0.29) is 0 Å². The first-order valence-electron chi connectivity index (χ1n) is 5.68. The predicted octanol–water partition coefficient (Wildman–Crippen LogP) is 3.53. The molecule has 2 nitrogen and oxygen atoms in total. The smallest absolute Gasteiger partial charge is 0.126 e. The zero-order valence-corrected chi connectivity index (χ0v) is 10.6. The number of furan rings is 1. The summed E-state index contributed by atoms with van der Waals surface area (Å²) in [5.74, 6) is 0.198. The SMILES string of the molecule is Cc1oc(C)c(C(N)c2cc(F)cc(F)c2)c1C. The largest absolute Gasteiger partial charge is 0.466 e. The molecule has 18 heavy (non-hydrogen) atoms. The zero-order chi connectivity index (χ0) is 13.4. The van der Waals surface area contributed by atoms with Gasteiger partial charge in [-0.15, -0.1) is 0 Å². The molecule has 0 saturated heterocycles. The molecular formula is C14H15F2NO. The first-order valence-corrected chi connectivity index (χ1v) is 5.68. The molecule has 0 amide bonds. The van der Waals surface area contributed by atoms with Gasteiger partial charge in [0, 0.05) is 11.6 Å². The third kappa shape index (κ3) is 2.16. The molecule has 0 bridgehead atoms. The summed E-state index contributed by atoms with van der Waals surface area (Å²) in [6, 6.07) is 2.73. The van der Waals surface area contributed by atoms with Gasteiger partial charge in [0.2, 0.25) is 0 Å². The highest BCUT2D eigenvalue weighted by Crippen LogP contribution is 2.30. The fraction of sp³-hybridized carbons (Fsp3) is 0.286. The van der Waals surface area contributed by atoms with Gasteiger partial charge in [0.15, 0.2) is 0 Å². The lowest BCUT2D eigenvalue weighted by Gasteiger charge is -2.13. The molecule has 1 atom stereocenters. The average Bonchev–Trinajstić information content (AvgIpc) is 2.51. The third-order valence-electron chi connectivity index (χ3n) is 3.17. The van der Waals surface area contributed by atoms with Gasteiger partial charge in [0.25, 0.3) is 0 Å². The Morgan fingerprint density at radius 3 is 2.00 bits per heavy atom. The quantitative estimate of drug-likeness (QED) is 0.886. The van der Waals surface area contributed by atoms with Gasteiger partial charge in [-0.1, -0.05) is 0 Å². The highest BCUT2D eigenvalue weighted by atomic mass is 19.1. The van der Waals surface area contributed by atoms with E-state index in [4.69, 9.17) is 10.2 Å². The highest BCUT2D eigenvalue weighted by molar-refractivity contribution is 5.40. The summed E-state index contributed by atoms with van der Waals surface area (Å²) in [5.41, 5.74) is 8.19. The topological polar surface area (TPSA) is 39.2 Å². The van der Waals surface area contributed by atoms with E-state index in [9.17, 15) is 8.78 Å². The summed E-state index contributed by atoms with van der Waals surface area (Å²) >= 11 is 0. The van der Waals surface area contributed by atoms with Crippen LogP contribution in [0.4, 0.5) is 8.78 Å². The number of halogens is 2. The molecule has 0 aliphatic carbocycles. The molecule has 2 N–H and O–H groups in total. The molecule has 1 aromatic carbocycles. The van der Waals surface area contributed by atoms with E-state index in [2.05, 4.69) is 0 Å². The maximum Gasteiger partial charge on any atom is 0.126 e. The summed E-state index contributed by atoms with van der Waals surface area (Å²) in [4.78, 5) is 0. The molecule has 0 aliphatic rings. The van der Waals surface area contributed by atoms with Crippen molar-refractivity contribution in [3.63, 3.8) is 0 Å². The van der Waals surface area contributed by atoms with Crippen molar-refractivity contribution in [3.05, 3.63) is 58.0 Å². The maximum atomic E-state index is 13.2. The van der Waals surface area contributed by atoms with Crippen LogP contribution >= 0.6 is 0 Å². The van der Waals surface area contributed by atoms with Gasteiger partial charge < -0.3 is 10.2 Å². The van der Waals surface area contributed by atoms with Crippen LogP contribution in [0.5, 0.6) is 0 Å². The van der Waals surface area contributed by atoms with Crippen LogP contribution in [-0.2, 0) is 0 Å². The normalized spacial score (nSPS) is 12.8. The maximum absolute atomic E-state index is 13.2. The van der Waals surface area contributed by atoms with Crippen molar-refractivity contribution in [2.24, 2.45) is 5.73 Å². The summed E-state index contributed by atoms with van der Waals surface area (Å²) in [5, 5.41) is 0. The van der Waals surface area contributed by atoms with Crippen molar-refractivity contribution >= 4 is 0 Å². The van der Waals surface area contributed by atoms with Crippen LogP contribution in [0.3, 0.4) is 0 Å². The lowest BCUT2D eigenvalue weighted by atomic mass is 9.96. The van der Waals surface area contributed by atoms with Gasteiger partial charge in [-0.3, -0.25) is 0 Å². The number of aryl methyl sites for hydroxylation is 2. The lowest BCUT2D eigenvalue weighted by Crippen LogP contribution is -2.14. The van der Waals surface area contributed by atoms with Crippen LogP contribution in [0.1, 0.15) is 34.3 Å². The Bertz CT molecular complexity index is 569. The molecule has 0 aliphatic heterocycles. The number of rotatable bonds is 2. The first-order chi connectivity index (χ1) is 8.40. The van der Waals surface area contributed by atoms with E-state index in [1.54, 1.807) is 6.92 Å². The van der Waals surface area contributed by atoms with Crippen molar-refractivity contribution in [2.45, 2.75) is 26.8 Å². The molecule has 0 spiro atoms. The van der Waals surface area contributed by atoms with Crippen LogP contribution in [-0.4, -0.2) is 0 Å². The second kappa shape index (κ2) is 4.53. The molecule has 1 aromatic heterocycles. The Morgan fingerprint density at radius 2 is 1.56 bits per heavy atom. The van der Waals surface area contributed by atoms with Crippen LogP contribution in [0.25, 0.3) is 0 Å². The van der Waals surface area contributed by atoms with E-state index in [1.165, 1.54) is 12.1 Å². The molecule has 0 radical (unpaired) electrons. The minimum Gasteiger partial charge on any atom is -0.466 e. The Kier molecular flexibility index (Phi) is 3.22. The summed E-state index contributed by atoms with van der Waals surface area (Å²) < 4.78 is 31.9. The van der Waals surface area contributed by atoms with Crippen molar-refractivity contribution in [1.82, 2.24) is 0 Å². The molecule has 1 heterocycles. The van der Waals surface area contributed by atoms with Crippen LogP contribution in [0.2, 0.25) is 0 Å². The van der Waals surface area contributed by atoms with Gasteiger partial charge in [-0.2, -0.15) is 0 Å². The molecule has 0 fully saturated rings. The average molecular weight is 251 g/mol. The van der Waals surface area contributed by atoms with Gasteiger partial charge in [0.05, 0.1) is 6.04 Å². The third-order valence-corrected chi connectivity index (χ3v) is 3.17. The summed E-state index contributed by atoms with van der Waals surface area (Å²) in [7, 11) is 0. The minimum absolute atomic E-state index is 0.402.